The molecule has 0 radical (unpaired) electrons. The second-order valence-corrected chi connectivity index (χ2v) is 8.51. The van der Waals surface area contributed by atoms with Crippen LogP contribution in [0.1, 0.15) is 17.5 Å². The van der Waals surface area contributed by atoms with Crippen LogP contribution >= 0.6 is 11.6 Å². The van der Waals surface area contributed by atoms with Crippen molar-refractivity contribution in [2.24, 2.45) is 5.73 Å². The number of benzene rings is 2. The first-order valence-corrected chi connectivity index (χ1v) is 11.9. The van der Waals surface area contributed by atoms with Gasteiger partial charge in [0.05, 0.1) is 31.0 Å². The van der Waals surface area contributed by atoms with Gasteiger partial charge in [-0.2, -0.15) is 5.26 Å². The van der Waals surface area contributed by atoms with Crippen LogP contribution in [0.2, 0.25) is 5.02 Å². The first kappa shape index (κ1) is 28.0. The number of nitrogens with one attached hydrogen (secondary N) is 3. The molecule has 1 atom stereocenters. The normalized spacial score (nSPS) is 11.1. The molecule has 1 aromatic heterocycles. The number of amides is 3. The lowest BCUT2D eigenvalue weighted by atomic mass is 10.1. The number of rotatable bonds is 11. The van der Waals surface area contributed by atoms with Gasteiger partial charge in [0.2, 0.25) is 5.91 Å². The van der Waals surface area contributed by atoms with E-state index in [-0.39, 0.29) is 30.5 Å². The summed E-state index contributed by atoms with van der Waals surface area (Å²) in [5.74, 6) is 0.661. The highest BCUT2D eigenvalue weighted by Crippen LogP contribution is 2.29. The fourth-order valence-electron chi connectivity index (χ4n) is 3.32. The number of methoxy groups -OCH3 is 1. The molecule has 3 aromatic rings. The zero-order valence-electron chi connectivity index (χ0n) is 20.5. The van der Waals surface area contributed by atoms with Crippen molar-refractivity contribution >= 4 is 35.0 Å². The minimum Gasteiger partial charge on any atom is -0.504 e. The molecule has 0 fully saturated rings. The van der Waals surface area contributed by atoms with E-state index in [0.717, 1.165) is 5.56 Å². The van der Waals surface area contributed by atoms with E-state index in [4.69, 9.17) is 32.1 Å². The predicted molar refractivity (Wildman–Crippen MR) is 143 cm³/mol. The van der Waals surface area contributed by atoms with Crippen LogP contribution in [0.4, 0.5) is 16.3 Å². The first-order valence-electron chi connectivity index (χ1n) is 11.5. The molecule has 0 bridgehead atoms. The Balaban J connectivity index is 1.45. The Morgan fingerprint density at radius 2 is 1.97 bits per heavy atom. The maximum atomic E-state index is 12.4. The van der Waals surface area contributed by atoms with Gasteiger partial charge in [-0.1, -0.05) is 17.7 Å². The zero-order valence-corrected chi connectivity index (χ0v) is 21.3. The van der Waals surface area contributed by atoms with Crippen LogP contribution in [-0.2, 0) is 11.2 Å². The third-order valence-electron chi connectivity index (χ3n) is 5.24. The van der Waals surface area contributed by atoms with E-state index in [0.29, 0.717) is 40.7 Å². The maximum absolute atomic E-state index is 12.4. The number of nitriles is 1. The molecule has 6 N–H and O–H groups in total. The molecule has 1 unspecified atom stereocenters. The third-order valence-corrected chi connectivity index (χ3v) is 5.47. The van der Waals surface area contributed by atoms with Crippen molar-refractivity contribution in [2.45, 2.75) is 18.9 Å². The average molecular weight is 539 g/mol. The van der Waals surface area contributed by atoms with E-state index in [1.807, 2.05) is 6.07 Å². The topological polar surface area (TPSA) is 172 Å². The lowest BCUT2D eigenvalue weighted by Gasteiger charge is -2.15. The number of pyridine rings is 1. The number of ether oxygens (including phenoxy) is 2. The Kier molecular flexibility index (Phi) is 10.1. The number of hydrogen-bond acceptors (Lipinski definition) is 8. The summed E-state index contributed by atoms with van der Waals surface area (Å²) >= 11 is 6.08. The van der Waals surface area contributed by atoms with Gasteiger partial charge in [0.15, 0.2) is 11.5 Å². The summed E-state index contributed by atoms with van der Waals surface area (Å²) in [5, 5.41) is 26.9. The van der Waals surface area contributed by atoms with Crippen molar-refractivity contribution in [1.82, 2.24) is 10.3 Å². The number of phenolic OH excluding ortho intramolecular Hbond substituents is 1. The molecule has 0 aliphatic heterocycles. The van der Waals surface area contributed by atoms with Crippen molar-refractivity contribution in [2.75, 3.05) is 30.9 Å². The molecule has 198 valence electrons. The van der Waals surface area contributed by atoms with E-state index in [2.05, 4.69) is 20.9 Å². The number of nitrogens with two attached hydrogens (primary N) is 1. The van der Waals surface area contributed by atoms with Gasteiger partial charge >= 0.3 is 6.03 Å². The Hall–Kier alpha value is -4.53. The summed E-state index contributed by atoms with van der Waals surface area (Å²) in [6.07, 6.45) is 2.10. The SMILES string of the molecule is COc1cc(CC(N)C(=O)NCCCOc2ccc(Cl)cc2NC(=O)Nc2ccc(C#N)cn2)ccc1O. The van der Waals surface area contributed by atoms with Crippen LogP contribution in [-0.4, -0.2) is 48.3 Å². The summed E-state index contributed by atoms with van der Waals surface area (Å²) < 4.78 is 10.8. The Bertz CT molecular complexity index is 1310. The van der Waals surface area contributed by atoms with Crippen LogP contribution in [0.15, 0.2) is 54.7 Å². The van der Waals surface area contributed by atoms with Crippen molar-refractivity contribution < 1.29 is 24.2 Å². The van der Waals surface area contributed by atoms with Crippen LogP contribution in [0.25, 0.3) is 0 Å². The number of nitrogens with zero attached hydrogens (tertiary/aromatic N) is 2. The molecular formula is C26H27ClN6O5. The minimum absolute atomic E-state index is 0.0114. The number of anilines is 2. The highest BCUT2D eigenvalue weighted by molar-refractivity contribution is 6.31. The van der Waals surface area contributed by atoms with Crippen LogP contribution in [0.3, 0.4) is 0 Å². The highest BCUT2D eigenvalue weighted by atomic mass is 35.5. The number of aromatic hydroxyl groups is 1. The van der Waals surface area contributed by atoms with E-state index in [1.54, 1.807) is 30.3 Å². The molecule has 2 aromatic carbocycles. The average Bonchev–Trinajstić information content (AvgIpc) is 2.90. The lowest BCUT2D eigenvalue weighted by Crippen LogP contribution is -2.42. The summed E-state index contributed by atoms with van der Waals surface area (Å²) in [4.78, 5) is 28.7. The van der Waals surface area contributed by atoms with Gasteiger partial charge < -0.3 is 30.9 Å². The summed E-state index contributed by atoms with van der Waals surface area (Å²) in [6, 6.07) is 13.2. The summed E-state index contributed by atoms with van der Waals surface area (Å²) in [6.45, 7) is 0.576. The van der Waals surface area contributed by atoms with Crippen molar-refractivity contribution in [1.29, 1.82) is 5.26 Å². The smallest absolute Gasteiger partial charge is 0.324 e. The second-order valence-electron chi connectivity index (χ2n) is 8.07. The Labute approximate surface area is 224 Å². The van der Waals surface area contributed by atoms with E-state index in [1.165, 1.54) is 31.5 Å². The van der Waals surface area contributed by atoms with E-state index < -0.39 is 12.1 Å². The molecule has 3 amide bonds. The molecule has 0 aliphatic carbocycles. The highest BCUT2D eigenvalue weighted by Gasteiger charge is 2.15. The van der Waals surface area contributed by atoms with E-state index in [9.17, 15) is 14.7 Å². The van der Waals surface area contributed by atoms with Crippen molar-refractivity contribution in [3.05, 3.63) is 70.9 Å². The van der Waals surface area contributed by atoms with Gasteiger partial charge in [-0.15, -0.1) is 0 Å². The van der Waals surface area contributed by atoms with Crippen LogP contribution in [0.5, 0.6) is 17.2 Å². The number of phenols is 1. The van der Waals surface area contributed by atoms with Crippen molar-refractivity contribution in [3.63, 3.8) is 0 Å². The van der Waals surface area contributed by atoms with Gasteiger partial charge in [0.25, 0.3) is 0 Å². The third kappa shape index (κ3) is 8.26. The maximum Gasteiger partial charge on any atom is 0.324 e. The molecule has 38 heavy (non-hydrogen) atoms. The minimum atomic E-state index is -0.777. The van der Waals surface area contributed by atoms with Crippen LogP contribution in [0, 0.1) is 11.3 Å². The number of urea groups is 1. The fourth-order valence-corrected chi connectivity index (χ4v) is 3.49. The molecule has 0 spiro atoms. The Morgan fingerprint density at radius 1 is 1.16 bits per heavy atom. The Morgan fingerprint density at radius 3 is 2.68 bits per heavy atom. The van der Waals surface area contributed by atoms with Gasteiger partial charge in [-0.25, -0.2) is 9.78 Å². The molecule has 12 heteroatoms. The summed E-state index contributed by atoms with van der Waals surface area (Å²) in [5.41, 5.74) is 7.49. The monoisotopic (exact) mass is 538 g/mol. The van der Waals surface area contributed by atoms with Crippen LogP contribution < -0.4 is 31.2 Å². The quantitative estimate of drug-likeness (QED) is 0.231. The lowest BCUT2D eigenvalue weighted by molar-refractivity contribution is -0.122. The number of carbonyl (C=O) groups excluding carboxylic acids is 2. The predicted octanol–water partition coefficient (Wildman–Crippen LogP) is 3.42. The van der Waals surface area contributed by atoms with Gasteiger partial charge in [-0.05, 0) is 60.9 Å². The molecule has 0 aliphatic rings. The van der Waals surface area contributed by atoms with Crippen molar-refractivity contribution in [3.8, 4) is 23.3 Å². The second kappa shape index (κ2) is 13.7. The molecule has 11 nitrogen and oxygen atoms in total. The van der Waals surface area contributed by atoms with Gasteiger partial charge in [0.1, 0.15) is 17.6 Å². The number of aromatic nitrogens is 1. The summed E-state index contributed by atoms with van der Waals surface area (Å²) in [7, 11) is 1.44. The number of halogens is 1. The molecule has 0 saturated heterocycles. The number of carbonyl (C=O) groups is 2. The fraction of sp³-hybridized carbons (Fsp3) is 0.231. The molecule has 3 rings (SSSR count). The van der Waals surface area contributed by atoms with E-state index >= 15 is 0 Å². The molecule has 0 saturated carbocycles. The van der Waals surface area contributed by atoms with Gasteiger partial charge in [-0.3, -0.25) is 10.1 Å². The molecule has 1 heterocycles. The first-order chi connectivity index (χ1) is 18.3. The largest absolute Gasteiger partial charge is 0.504 e. The van der Waals surface area contributed by atoms with Gasteiger partial charge in [0, 0.05) is 17.8 Å². The zero-order chi connectivity index (χ0) is 27.5. The standard InChI is InChI=1S/C26H27ClN6O5/c1-37-23-12-16(3-6-21(23)34)11-19(29)25(35)30-9-2-10-38-22-7-5-18(27)13-20(22)32-26(36)33-24-8-4-17(14-28)15-31-24/h3-8,12-13,15,19,34H,2,9-11,29H2,1H3,(H,30,35)(H2,31,32,33,36). The number of hydrogen-bond donors (Lipinski definition) is 5. The molecular weight excluding hydrogens is 512 g/mol.